The molecule has 0 spiro atoms. The Kier molecular flexibility index (Phi) is 4.79. The second-order valence-electron chi connectivity index (χ2n) is 6.51. The lowest BCUT2D eigenvalue weighted by atomic mass is 9.78. The molecule has 1 aromatic carbocycles. The highest BCUT2D eigenvalue weighted by molar-refractivity contribution is 5.51. The van der Waals surface area contributed by atoms with Crippen LogP contribution in [0.15, 0.2) is 18.2 Å². The maximum Gasteiger partial charge on any atom is 0.146 e. The maximum atomic E-state index is 14.6. The largest absolute Gasteiger partial charge is 0.366 e. The first kappa shape index (κ1) is 14.8. The van der Waals surface area contributed by atoms with Gasteiger partial charge >= 0.3 is 0 Å². The zero-order valence-electron chi connectivity index (χ0n) is 13.1. The second kappa shape index (κ2) is 6.78. The third kappa shape index (κ3) is 3.23. The summed E-state index contributed by atoms with van der Waals surface area (Å²) in [6.45, 7) is 4.76. The molecule has 21 heavy (non-hydrogen) atoms. The van der Waals surface area contributed by atoms with Gasteiger partial charge in [0.25, 0.3) is 0 Å². The number of hydrogen-bond acceptors (Lipinski definition) is 2. The number of fused-ring (bicyclic) bond motifs is 1. The van der Waals surface area contributed by atoms with E-state index in [1.54, 1.807) is 6.07 Å². The SMILES string of the molecule is CCNCc1ccc(N2CCC[C@H]3CCCC[C@H]32)c(F)c1. The highest BCUT2D eigenvalue weighted by Crippen LogP contribution is 2.38. The fourth-order valence-electron chi connectivity index (χ4n) is 4.09. The normalized spacial score (nSPS) is 25.7. The van der Waals surface area contributed by atoms with Gasteiger partial charge in [0.15, 0.2) is 0 Å². The summed E-state index contributed by atoms with van der Waals surface area (Å²) in [7, 11) is 0. The summed E-state index contributed by atoms with van der Waals surface area (Å²) >= 11 is 0. The van der Waals surface area contributed by atoms with Crippen LogP contribution in [0.1, 0.15) is 51.0 Å². The highest BCUT2D eigenvalue weighted by atomic mass is 19.1. The van der Waals surface area contributed by atoms with Gasteiger partial charge in [-0.1, -0.05) is 25.8 Å². The van der Waals surface area contributed by atoms with Crippen molar-refractivity contribution in [1.29, 1.82) is 0 Å². The minimum atomic E-state index is -0.0448. The van der Waals surface area contributed by atoms with E-state index in [4.69, 9.17) is 0 Å². The minimum Gasteiger partial charge on any atom is -0.366 e. The molecule has 2 nitrogen and oxygen atoms in total. The van der Waals surface area contributed by atoms with Crippen LogP contribution in [0, 0.1) is 11.7 Å². The van der Waals surface area contributed by atoms with Crippen molar-refractivity contribution in [2.75, 3.05) is 18.0 Å². The number of rotatable bonds is 4. The van der Waals surface area contributed by atoms with Gasteiger partial charge in [-0.2, -0.15) is 0 Å². The zero-order chi connectivity index (χ0) is 14.7. The first-order valence-corrected chi connectivity index (χ1v) is 8.55. The van der Waals surface area contributed by atoms with E-state index < -0.39 is 0 Å². The fourth-order valence-corrected chi connectivity index (χ4v) is 4.09. The monoisotopic (exact) mass is 290 g/mol. The standard InChI is InChI=1S/C18H27FN2/c1-2-20-13-14-9-10-18(16(19)12-14)21-11-5-7-15-6-3-4-8-17(15)21/h9-10,12,15,17,20H,2-8,11,13H2,1H3/t15-,17-/m1/s1. The molecule has 0 unspecified atom stereocenters. The number of hydrogen-bond donors (Lipinski definition) is 1. The summed E-state index contributed by atoms with van der Waals surface area (Å²) in [5, 5.41) is 3.26. The van der Waals surface area contributed by atoms with Gasteiger partial charge in [0.05, 0.1) is 5.69 Å². The Balaban J connectivity index is 1.78. The molecular weight excluding hydrogens is 263 g/mol. The van der Waals surface area contributed by atoms with E-state index in [0.29, 0.717) is 6.04 Å². The Hall–Kier alpha value is -1.09. The summed E-state index contributed by atoms with van der Waals surface area (Å²) in [6.07, 6.45) is 7.78. The van der Waals surface area contributed by atoms with Gasteiger partial charge in [-0.15, -0.1) is 0 Å². The number of nitrogens with zero attached hydrogens (tertiary/aromatic N) is 1. The van der Waals surface area contributed by atoms with Gasteiger partial charge < -0.3 is 10.2 Å². The van der Waals surface area contributed by atoms with Crippen LogP contribution in [0.2, 0.25) is 0 Å². The Labute approximate surface area is 127 Å². The number of piperidine rings is 1. The van der Waals surface area contributed by atoms with Crippen LogP contribution >= 0.6 is 0 Å². The summed E-state index contributed by atoms with van der Waals surface area (Å²) < 4.78 is 14.6. The fraction of sp³-hybridized carbons (Fsp3) is 0.667. The molecule has 0 amide bonds. The number of halogens is 1. The molecule has 1 heterocycles. The minimum absolute atomic E-state index is 0.0448. The maximum absolute atomic E-state index is 14.6. The molecule has 3 rings (SSSR count). The highest BCUT2D eigenvalue weighted by Gasteiger charge is 2.34. The van der Waals surface area contributed by atoms with E-state index in [1.165, 1.54) is 38.5 Å². The van der Waals surface area contributed by atoms with E-state index in [2.05, 4.69) is 23.2 Å². The lowest BCUT2D eigenvalue weighted by Gasteiger charge is -2.45. The van der Waals surface area contributed by atoms with E-state index in [0.717, 1.165) is 36.8 Å². The van der Waals surface area contributed by atoms with Gasteiger partial charge in [0, 0.05) is 19.1 Å². The Morgan fingerprint density at radius 2 is 2.00 bits per heavy atom. The van der Waals surface area contributed by atoms with Crippen LogP contribution in [0.3, 0.4) is 0 Å². The molecule has 0 radical (unpaired) electrons. The Morgan fingerprint density at radius 1 is 1.19 bits per heavy atom. The molecule has 0 bridgehead atoms. The van der Waals surface area contributed by atoms with Crippen molar-refractivity contribution in [3.05, 3.63) is 29.6 Å². The molecule has 1 aliphatic heterocycles. The summed E-state index contributed by atoms with van der Waals surface area (Å²) in [5.41, 5.74) is 1.86. The molecule has 2 fully saturated rings. The van der Waals surface area contributed by atoms with Crippen LogP contribution in [0.5, 0.6) is 0 Å². The summed E-state index contributed by atoms with van der Waals surface area (Å²) in [4.78, 5) is 2.36. The lowest BCUT2D eigenvalue weighted by molar-refractivity contribution is 0.242. The molecule has 2 atom stereocenters. The topological polar surface area (TPSA) is 15.3 Å². The molecule has 2 aliphatic rings. The van der Waals surface area contributed by atoms with Crippen molar-refractivity contribution in [2.24, 2.45) is 5.92 Å². The van der Waals surface area contributed by atoms with Gasteiger partial charge in [-0.3, -0.25) is 0 Å². The molecule has 0 aromatic heterocycles. The smallest absolute Gasteiger partial charge is 0.146 e. The summed E-state index contributed by atoms with van der Waals surface area (Å²) in [5.74, 6) is 0.741. The molecule has 1 N–H and O–H groups in total. The van der Waals surface area contributed by atoms with Crippen LogP contribution in [0.4, 0.5) is 10.1 Å². The molecular formula is C18H27FN2. The van der Waals surface area contributed by atoms with Crippen molar-refractivity contribution in [2.45, 2.75) is 58.0 Å². The number of nitrogens with one attached hydrogen (secondary N) is 1. The van der Waals surface area contributed by atoms with Crippen molar-refractivity contribution in [3.8, 4) is 0 Å². The van der Waals surface area contributed by atoms with Crippen LogP contribution in [-0.2, 0) is 6.54 Å². The molecule has 3 heteroatoms. The van der Waals surface area contributed by atoms with Crippen molar-refractivity contribution in [1.82, 2.24) is 5.32 Å². The zero-order valence-corrected chi connectivity index (χ0v) is 13.1. The predicted octanol–water partition coefficient (Wildman–Crippen LogP) is 4.09. The van der Waals surface area contributed by atoms with E-state index in [-0.39, 0.29) is 5.82 Å². The second-order valence-corrected chi connectivity index (χ2v) is 6.51. The van der Waals surface area contributed by atoms with E-state index >= 15 is 0 Å². The first-order chi connectivity index (χ1) is 10.3. The molecule has 116 valence electrons. The third-order valence-corrected chi connectivity index (χ3v) is 5.14. The van der Waals surface area contributed by atoms with Crippen molar-refractivity contribution < 1.29 is 4.39 Å². The molecule has 1 aliphatic carbocycles. The van der Waals surface area contributed by atoms with Crippen LogP contribution < -0.4 is 10.2 Å². The quantitative estimate of drug-likeness (QED) is 0.898. The lowest BCUT2D eigenvalue weighted by Crippen LogP contribution is -2.47. The molecule has 1 saturated carbocycles. The average molecular weight is 290 g/mol. The van der Waals surface area contributed by atoms with Gasteiger partial charge in [0.1, 0.15) is 5.82 Å². The van der Waals surface area contributed by atoms with Gasteiger partial charge in [-0.25, -0.2) is 4.39 Å². The van der Waals surface area contributed by atoms with Gasteiger partial charge in [-0.05, 0) is 55.8 Å². The predicted molar refractivity (Wildman–Crippen MR) is 86.1 cm³/mol. The molecule has 1 aromatic rings. The first-order valence-electron chi connectivity index (χ1n) is 8.55. The van der Waals surface area contributed by atoms with E-state index in [1.807, 2.05) is 6.07 Å². The number of anilines is 1. The average Bonchev–Trinajstić information content (AvgIpc) is 2.53. The van der Waals surface area contributed by atoms with Crippen LogP contribution in [0.25, 0.3) is 0 Å². The number of benzene rings is 1. The molecule has 1 saturated heterocycles. The van der Waals surface area contributed by atoms with Crippen molar-refractivity contribution in [3.63, 3.8) is 0 Å². The third-order valence-electron chi connectivity index (χ3n) is 5.14. The van der Waals surface area contributed by atoms with Crippen LogP contribution in [-0.4, -0.2) is 19.1 Å². The Morgan fingerprint density at radius 3 is 2.81 bits per heavy atom. The summed E-state index contributed by atoms with van der Waals surface area (Å²) in [6, 6.07) is 6.36. The van der Waals surface area contributed by atoms with Crippen molar-refractivity contribution >= 4 is 5.69 Å². The Bertz CT molecular complexity index is 472. The van der Waals surface area contributed by atoms with Gasteiger partial charge in [0.2, 0.25) is 0 Å². The van der Waals surface area contributed by atoms with E-state index in [9.17, 15) is 4.39 Å².